The number of allylic oxidation sites excluding steroid dienone is 2. The Morgan fingerprint density at radius 2 is 0.714 bits per heavy atom. The third-order valence-electron chi connectivity index (χ3n) is 16.3. The molecule has 460 valence electrons. The van der Waals surface area contributed by atoms with E-state index in [9.17, 15) is 19.4 Å². The van der Waals surface area contributed by atoms with Crippen LogP contribution in [0.15, 0.2) is 12.2 Å². The first-order valence-corrected chi connectivity index (χ1v) is 36.0. The summed E-state index contributed by atoms with van der Waals surface area (Å²) in [6.07, 6.45) is 75.9. The van der Waals surface area contributed by atoms with Gasteiger partial charge in [0.25, 0.3) is 7.82 Å². The zero-order chi connectivity index (χ0) is 56.3. The van der Waals surface area contributed by atoms with E-state index < -0.39 is 20.0 Å². The second-order valence-electron chi connectivity index (χ2n) is 25.2. The molecule has 0 heterocycles. The first-order chi connectivity index (χ1) is 37.5. The number of aliphatic hydroxyl groups excluding tert-OH is 1. The number of unbranched alkanes of at least 4 members (excludes halogenated alkanes) is 50. The molecular formula is C68H137N2O6P. The summed E-state index contributed by atoms with van der Waals surface area (Å²) in [4.78, 5) is 25.6. The van der Waals surface area contributed by atoms with Crippen LogP contribution in [0.1, 0.15) is 367 Å². The van der Waals surface area contributed by atoms with Crippen molar-refractivity contribution < 1.29 is 32.9 Å². The molecule has 3 unspecified atom stereocenters. The number of likely N-dealkylation sites (N-methyl/N-ethyl adjacent to an activating group) is 1. The molecule has 0 saturated heterocycles. The van der Waals surface area contributed by atoms with Crippen molar-refractivity contribution in [3.63, 3.8) is 0 Å². The van der Waals surface area contributed by atoms with Gasteiger partial charge in [0.2, 0.25) is 5.91 Å². The van der Waals surface area contributed by atoms with Crippen LogP contribution in [0, 0.1) is 0 Å². The smallest absolute Gasteiger partial charge is 0.268 e. The lowest BCUT2D eigenvalue weighted by Gasteiger charge is -2.30. The fourth-order valence-electron chi connectivity index (χ4n) is 10.9. The van der Waals surface area contributed by atoms with Gasteiger partial charge < -0.3 is 28.8 Å². The number of phosphoric ester groups is 1. The van der Waals surface area contributed by atoms with Gasteiger partial charge in [-0.1, -0.05) is 334 Å². The zero-order valence-corrected chi connectivity index (χ0v) is 53.6. The molecule has 0 aliphatic carbocycles. The van der Waals surface area contributed by atoms with Crippen LogP contribution in [0.4, 0.5) is 0 Å². The second-order valence-corrected chi connectivity index (χ2v) is 26.7. The predicted octanol–water partition coefficient (Wildman–Crippen LogP) is 21.1. The Hall–Kier alpha value is -0.760. The van der Waals surface area contributed by atoms with Gasteiger partial charge in [0.15, 0.2) is 0 Å². The van der Waals surface area contributed by atoms with Gasteiger partial charge in [0.1, 0.15) is 13.2 Å². The van der Waals surface area contributed by atoms with Crippen molar-refractivity contribution in [1.82, 2.24) is 5.32 Å². The highest BCUT2D eigenvalue weighted by Gasteiger charge is 2.24. The van der Waals surface area contributed by atoms with Crippen LogP contribution in [0.5, 0.6) is 0 Å². The highest BCUT2D eigenvalue weighted by Crippen LogP contribution is 2.38. The van der Waals surface area contributed by atoms with Crippen molar-refractivity contribution >= 4 is 13.7 Å². The van der Waals surface area contributed by atoms with Crippen LogP contribution in [0.2, 0.25) is 0 Å². The van der Waals surface area contributed by atoms with E-state index in [0.717, 1.165) is 38.5 Å². The van der Waals surface area contributed by atoms with E-state index in [1.54, 1.807) is 0 Å². The summed E-state index contributed by atoms with van der Waals surface area (Å²) in [5, 5.41) is 14.0. The number of amides is 1. The lowest BCUT2D eigenvalue weighted by molar-refractivity contribution is -0.870. The Morgan fingerprint density at radius 1 is 0.442 bits per heavy atom. The van der Waals surface area contributed by atoms with Gasteiger partial charge in [-0.2, -0.15) is 0 Å². The van der Waals surface area contributed by atoms with Crippen molar-refractivity contribution in [1.29, 1.82) is 0 Å². The highest BCUT2D eigenvalue weighted by atomic mass is 31.2. The fourth-order valence-corrected chi connectivity index (χ4v) is 11.6. The van der Waals surface area contributed by atoms with Crippen LogP contribution >= 0.6 is 7.82 Å². The largest absolute Gasteiger partial charge is 0.756 e. The van der Waals surface area contributed by atoms with E-state index in [1.807, 2.05) is 21.1 Å². The first kappa shape index (κ1) is 76.2. The second kappa shape index (κ2) is 59.8. The average Bonchev–Trinajstić information content (AvgIpc) is 3.39. The molecule has 0 bridgehead atoms. The number of nitrogens with zero attached hydrogens (tertiary/aromatic N) is 1. The van der Waals surface area contributed by atoms with E-state index in [4.69, 9.17) is 9.05 Å². The molecule has 3 atom stereocenters. The van der Waals surface area contributed by atoms with E-state index >= 15 is 0 Å². The fraction of sp³-hybridized carbons (Fsp3) is 0.956. The van der Waals surface area contributed by atoms with Crippen molar-refractivity contribution in [3.05, 3.63) is 12.2 Å². The average molecular weight is 1110 g/mol. The van der Waals surface area contributed by atoms with Crippen LogP contribution < -0.4 is 10.2 Å². The number of quaternary nitrogens is 1. The molecule has 0 spiro atoms. The summed E-state index contributed by atoms with van der Waals surface area (Å²) >= 11 is 0. The Balaban J connectivity index is 3.84. The summed E-state index contributed by atoms with van der Waals surface area (Å²) in [6, 6.07) is -0.796. The summed E-state index contributed by atoms with van der Waals surface area (Å²) in [5.41, 5.74) is 0. The van der Waals surface area contributed by atoms with Crippen LogP contribution in [-0.4, -0.2) is 68.5 Å². The van der Waals surface area contributed by atoms with Crippen molar-refractivity contribution in [2.45, 2.75) is 379 Å². The molecule has 0 aliphatic rings. The van der Waals surface area contributed by atoms with E-state index in [0.29, 0.717) is 23.9 Å². The SMILES string of the molecule is CCCCCCCCCC/C=C\CCCCCCCCCCCCCCCCCCCCCCCCCCCCCC(=O)NC(COP(=O)([O-])OCC[N+](C)(C)C)C(O)CCCCCCCCCCCCCCCCCC. The number of hydrogen-bond acceptors (Lipinski definition) is 6. The van der Waals surface area contributed by atoms with Gasteiger partial charge in [-0.3, -0.25) is 9.36 Å². The van der Waals surface area contributed by atoms with Crippen LogP contribution in [0.25, 0.3) is 0 Å². The van der Waals surface area contributed by atoms with E-state index in [1.165, 1.54) is 302 Å². The normalized spacial score (nSPS) is 13.7. The molecule has 9 heteroatoms. The monoisotopic (exact) mass is 1110 g/mol. The molecule has 0 aliphatic heterocycles. The van der Waals surface area contributed by atoms with Gasteiger partial charge >= 0.3 is 0 Å². The van der Waals surface area contributed by atoms with Crippen LogP contribution in [0.3, 0.4) is 0 Å². The van der Waals surface area contributed by atoms with Gasteiger partial charge in [0, 0.05) is 6.42 Å². The van der Waals surface area contributed by atoms with Gasteiger partial charge in [-0.25, -0.2) is 0 Å². The topological polar surface area (TPSA) is 108 Å². The van der Waals surface area contributed by atoms with Crippen molar-refractivity contribution in [3.8, 4) is 0 Å². The molecular weight excluding hydrogens is 972 g/mol. The molecule has 0 aromatic carbocycles. The molecule has 0 aromatic heterocycles. The number of phosphoric acid groups is 1. The maximum Gasteiger partial charge on any atom is 0.268 e. The summed E-state index contributed by atoms with van der Waals surface area (Å²) < 4.78 is 23.5. The third kappa shape index (κ3) is 62.7. The molecule has 0 rings (SSSR count). The molecule has 0 aromatic rings. The summed E-state index contributed by atoms with van der Waals surface area (Å²) in [5.74, 6) is -0.156. The Morgan fingerprint density at radius 3 is 1.01 bits per heavy atom. The lowest BCUT2D eigenvalue weighted by atomic mass is 10.0. The molecule has 0 radical (unpaired) electrons. The number of carbonyl (C=O) groups is 1. The molecule has 77 heavy (non-hydrogen) atoms. The third-order valence-corrected chi connectivity index (χ3v) is 17.2. The minimum atomic E-state index is -4.57. The van der Waals surface area contributed by atoms with Gasteiger partial charge in [-0.15, -0.1) is 0 Å². The summed E-state index contributed by atoms with van der Waals surface area (Å²) in [6.45, 7) is 4.78. The zero-order valence-electron chi connectivity index (χ0n) is 52.7. The standard InChI is InChI=1S/C68H137N2O6P/c1-6-8-10-12-14-16-18-20-22-24-25-26-27-28-29-30-31-32-33-34-35-36-37-38-39-40-41-42-43-44-45-46-48-50-52-54-56-58-60-62-68(72)69-66(65-76-77(73,74)75-64-63-70(3,4)5)67(71)61-59-57-55-53-51-49-47-23-21-19-17-15-13-11-9-7-2/h24-25,66-67,71H,6-23,26-65H2,1-5H3,(H-,69,72,73,74)/b25-24-. The molecule has 2 N–H and O–H groups in total. The molecule has 1 amide bonds. The maximum atomic E-state index is 13.0. The number of aliphatic hydroxyl groups is 1. The molecule has 8 nitrogen and oxygen atoms in total. The number of carbonyl (C=O) groups excluding carboxylic acids is 1. The minimum absolute atomic E-state index is 0.0160. The molecule has 0 saturated carbocycles. The van der Waals surface area contributed by atoms with E-state index in [-0.39, 0.29) is 19.1 Å². The van der Waals surface area contributed by atoms with Gasteiger partial charge in [0.05, 0.1) is 39.9 Å². The van der Waals surface area contributed by atoms with E-state index in [2.05, 4.69) is 31.3 Å². The van der Waals surface area contributed by atoms with Crippen molar-refractivity contribution in [2.75, 3.05) is 40.9 Å². The van der Waals surface area contributed by atoms with Crippen LogP contribution in [-0.2, 0) is 18.4 Å². The minimum Gasteiger partial charge on any atom is -0.756 e. The Bertz CT molecular complexity index is 1260. The maximum absolute atomic E-state index is 13.0. The Labute approximate surface area is 482 Å². The predicted molar refractivity (Wildman–Crippen MR) is 335 cm³/mol. The number of hydrogen-bond donors (Lipinski definition) is 2. The lowest BCUT2D eigenvalue weighted by Crippen LogP contribution is -2.46. The Kier molecular flexibility index (Phi) is 59.3. The number of rotatable bonds is 65. The summed E-state index contributed by atoms with van der Waals surface area (Å²) in [7, 11) is 1.33. The quantitative estimate of drug-likeness (QED) is 0.0272. The van der Waals surface area contributed by atoms with Gasteiger partial charge in [-0.05, 0) is 38.5 Å². The number of nitrogens with one attached hydrogen (secondary N) is 1. The van der Waals surface area contributed by atoms with Crippen molar-refractivity contribution in [2.24, 2.45) is 0 Å². The highest BCUT2D eigenvalue weighted by molar-refractivity contribution is 7.45. The first-order valence-electron chi connectivity index (χ1n) is 34.5. The molecule has 0 fully saturated rings.